The molecule has 0 aliphatic rings. The van der Waals surface area contributed by atoms with Crippen LogP contribution in [0.5, 0.6) is 0 Å². The van der Waals surface area contributed by atoms with Gasteiger partial charge in [-0.1, -0.05) is 12.1 Å². The average molecular weight is 223 g/mol. The van der Waals surface area contributed by atoms with Crippen molar-refractivity contribution in [3.63, 3.8) is 0 Å². The number of hydrogen-bond donors (Lipinski definition) is 3. The Bertz CT molecular complexity index is 562. The largest absolute Gasteiger partial charge is 0.399 e. The minimum Gasteiger partial charge on any atom is -0.399 e. The normalized spacial score (nSPS) is 11.9. The molecule has 15 heavy (non-hydrogen) atoms. The second-order valence-electron chi connectivity index (χ2n) is 3.33. The van der Waals surface area contributed by atoms with Crippen LogP contribution >= 0.6 is 7.60 Å². The molecule has 0 aromatic heterocycles. The van der Waals surface area contributed by atoms with E-state index in [0.29, 0.717) is 5.69 Å². The van der Waals surface area contributed by atoms with Crippen LogP contribution < -0.4 is 11.0 Å². The fourth-order valence-electron chi connectivity index (χ4n) is 1.43. The molecule has 0 aliphatic heterocycles. The third-order valence-corrected chi connectivity index (χ3v) is 3.14. The molecule has 0 saturated heterocycles. The van der Waals surface area contributed by atoms with Crippen LogP contribution in [0.25, 0.3) is 10.8 Å². The highest BCUT2D eigenvalue weighted by atomic mass is 31.2. The van der Waals surface area contributed by atoms with Gasteiger partial charge in [-0.15, -0.1) is 0 Å². The maximum atomic E-state index is 11.0. The maximum absolute atomic E-state index is 11.0. The molecule has 4 N–H and O–H groups in total. The van der Waals surface area contributed by atoms with Crippen molar-refractivity contribution < 1.29 is 14.4 Å². The number of hydrogen-bond acceptors (Lipinski definition) is 2. The van der Waals surface area contributed by atoms with E-state index in [2.05, 4.69) is 0 Å². The van der Waals surface area contributed by atoms with Crippen LogP contribution in [-0.4, -0.2) is 9.79 Å². The van der Waals surface area contributed by atoms with Crippen molar-refractivity contribution >= 4 is 29.4 Å². The second-order valence-corrected chi connectivity index (χ2v) is 4.94. The smallest absolute Gasteiger partial charge is 0.356 e. The van der Waals surface area contributed by atoms with E-state index in [4.69, 9.17) is 15.5 Å². The van der Waals surface area contributed by atoms with Crippen LogP contribution in [0.2, 0.25) is 0 Å². The maximum Gasteiger partial charge on any atom is 0.356 e. The summed E-state index contributed by atoms with van der Waals surface area (Å²) < 4.78 is 11.0. The fourth-order valence-corrected chi connectivity index (χ4v) is 2.01. The van der Waals surface area contributed by atoms with Crippen molar-refractivity contribution in [2.45, 2.75) is 0 Å². The average Bonchev–Trinajstić information content (AvgIpc) is 2.15. The van der Waals surface area contributed by atoms with Crippen LogP contribution in [0.1, 0.15) is 0 Å². The lowest BCUT2D eigenvalue weighted by atomic mass is 10.1. The van der Waals surface area contributed by atoms with Crippen LogP contribution in [0.15, 0.2) is 36.4 Å². The molecule has 78 valence electrons. The van der Waals surface area contributed by atoms with Gasteiger partial charge < -0.3 is 15.5 Å². The molecule has 0 spiro atoms. The number of nitrogens with two attached hydrogens (primary N) is 1. The Morgan fingerprint density at radius 3 is 2.27 bits per heavy atom. The van der Waals surface area contributed by atoms with E-state index in [1.807, 2.05) is 0 Å². The Morgan fingerprint density at radius 1 is 1.00 bits per heavy atom. The first-order valence-electron chi connectivity index (χ1n) is 4.32. The summed E-state index contributed by atoms with van der Waals surface area (Å²) in [5, 5.41) is 1.66. The summed E-state index contributed by atoms with van der Waals surface area (Å²) in [4.78, 5) is 18.0. The zero-order valence-corrected chi connectivity index (χ0v) is 8.69. The van der Waals surface area contributed by atoms with Gasteiger partial charge in [-0.25, -0.2) is 0 Å². The third-order valence-electron chi connectivity index (χ3n) is 2.18. The van der Waals surface area contributed by atoms with Crippen molar-refractivity contribution in [3.05, 3.63) is 36.4 Å². The molecular formula is C10H10NO3P. The molecule has 0 amide bonds. The van der Waals surface area contributed by atoms with Gasteiger partial charge in [0, 0.05) is 5.69 Å². The minimum absolute atomic E-state index is 0.0276. The second kappa shape index (κ2) is 3.35. The Hall–Kier alpha value is -1.35. The molecule has 0 unspecified atom stereocenters. The minimum atomic E-state index is -4.17. The van der Waals surface area contributed by atoms with Gasteiger partial charge in [-0.3, -0.25) is 4.57 Å². The van der Waals surface area contributed by atoms with E-state index in [9.17, 15) is 4.57 Å². The number of rotatable bonds is 1. The molecule has 0 atom stereocenters. The highest BCUT2D eigenvalue weighted by molar-refractivity contribution is 7.60. The van der Waals surface area contributed by atoms with E-state index in [-0.39, 0.29) is 5.30 Å². The lowest BCUT2D eigenvalue weighted by Gasteiger charge is -2.05. The summed E-state index contributed by atoms with van der Waals surface area (Å²) in [6, 6.07) is 9.76. The molecule has 0 aliphatic carbocycles. The summed E-state index contributed by atoms with van der Waals surface area (Å²) in [6.07, 6.45) is 0. The van der Waals surface area contributed by atoms with Crippen molar-refractivity contribution in [2.24, 2.45) is 0 Å². The molecule has 2 aromatic carbocycles. The van der Waals surface area contributed by atoms with Gasteiger partial charge in [0.05, 0.1) is 5.30 Å². The Balaban J connectivity index is 2.67. The Morgan fingerprint density at radius 2 is 1.60 bits per heavy atom. The van der Waals surface area contributed by atoms with Gasteiger partial charge in [-0.05, 0) is 35.0 Å². The van der Waals surface area contributed by atoms with Crippen molar-refractivity contribution in [2.75, 3.05) is 5.73 Å². The zero-order chi connectivity index (χ0) is 11.1. The van der Waals surface area contributed by atoms with Crippen LogP contribution in [0, 0.1) is 0 Å². The molecule has 0 heterocycles. The van der Waals surface area contributed by atoms with Crippen LogP contribution in [0.4, 0.5) is 5.69 Å². The molecule has 4 nitrogen and oxygen atoms in total. The number of nitrogen functional groups attached to an aromatic ring is 1. The van der Waals surface area contributed by atoms with E-state index < -0.39 is 7.60 Å². The SMILES string of the molecule is Nc1ccc2cc(P(=O)(O)O)ccc2c1. The number of fused-ring (bicyclic) bond motifs is 1. The first-order chi connectivity index (χ1) is 6.97. The van der Waals surface area contributed by atoms with Gasteiger partial charge >= 0.3 is 7.60 Å². The summed E-state index contributed by atoms with van der Waals surface area (Å²) in [7, 11) is -4.17. The van der Waals surface area contributed by atoms with E-state index in [1.54, 1.807) is 24.3 Å². The van der Waals surface area contributed by atoms with Gasteiger partial charge in [-0.2, -0.15) is 0 Å². The Kier molecular flexibility index (Phi) is 2.27. The van der Waals surface area contributed by atoms with Gasteiger partial charge in [0.15, 0.2) is 0 Å². The van der Waals surface area contributed by atoms with Gasteiger partial charge in [0.1, 0.15) is 0 Å². The number of benzene rings is 2. The quantitative estimate of drug-likeness (QED) is 0.501. The molecule has 0 bridgehead atoms. The summed E-state index contributed by atoms with van der Waals surface area (Å²) in [5.41, 5.74) is 6.23. The highest BCUT2D eigenvalue weighted by Crippen LogP contribution is 2.34. The molecular weight excluding hydrogens is 213 g/mol. The molecule has 0 fully saturated rings. The van der Waals surface area contributed by atoms with Crippen LogP contribution in [0.3, 0.4) is 0 Å². The standard InChI is InChI=1S/C10H10NO3P/c11-9-3-1-8-6-10(15(12,13)14)4-2-7(8)5-9/h1-6H,11H2,(H2,12,13,14). The third kappa shape index (κ3) is 2.02. The van der Waals surface area contributed by atoms with Gasteiger partial charge in [0.2, 0.25) is 0 Å². The number of anilines is 1. The fraction of sp³-hybridized carbons (Fsp3) is 0. The van der Waals surface area contributed by atoms with Gasteiger partial charge in [0.25, 0.3) is 0 Å². The lowest BCUT2D eigenvalue weighted by molar-refractivity contribution is 0.387. The molecule has 2 rings (SSSR count). The van der Waals surface area contributed by atoms with E-state index >= 15 is 0 Å². The first kappa shape index (κ1) is 10.2. The van der Waals surface area contributed by atoms with E-state index in [0.717, 1.165) is 10.8 Å². The van der Waals surface area contributed by atoms with Crippen molar-refractivity contribution in [1.29, 1.82) is 0 Å². The predicted molar refractivity (Wildman–Crippen MR) is 60.0 cm³/mol. The Labute approximate surface area is 86.5 Å². The van der Waals surface area contributed by atoms with Crippen molar-refractivity contribution in [1.82, 2.24) is 0 Å². The molecule has 0 radical (unpaired) electrons. The molecule has 0 saturated carbocycles. The zero-order valence-electron chi connectivity index (χ0n) is 7.79. The van der Waals surface area contributed by atoms with Crippen molar-refractivity contribution in [3.8, 4) is 0 Å². The predicted octanol–water partition coefficient (Wildman–Crippen LogP) is 1.22. The van der Waals surface area contributed by atoms with Crippen LogP contribution in [-0.2, 0) is 4.57 Å². The summed E-state index contributed by atoms with van der Waals surface area (Å²) in [5.74, 6) is 0. The van der Waals surface area contributed by atoms with E-state index in [1.165, 1.54) is 12.1 Å². The highest BCUT2D eigenvalue weighted by Gasteiger charge is 2.16. The molecule has 2 aromatic rings. The lowest BCUT2D eigenvalue weighted by Crippen LogP contribution is -2.02. The molecule has 5 heteroatoms. The topological polar surface area (TPSA) is 83.6 Å². The first-order valence-corrected chi connectivity index (χ1v) is 5.93. The summed E-state index contributed by atoms with van der Waals surface area (Å²) >= 11 is 0. The summed E-state index contributed by atoms with van der Waals surface area (Å²) in [6.45, 7) is 0. The monoisotopic (exact) mass is 223 g/mol.